The molecule has 2 N–H and O–H groups in total. The molecule has 4 aromatic rings. The lowest BCUT2D eigenvalue weighted by Crippen LogP contribution is -2.20. The van der Waals surface area contributed by atoms with E-state index in [4.69, 9.17) is 15.2 Å². The minimum atomic E-state index is -0.879. The first kappa shape index (κ1) is 19.1. The van der Waals surface area contributed by atoms with Crippen LogP contribution in [0.4, 0.5) is 4.79 Å². The van der Waals surface area contributed by atoms with E-state index in [0.717, 1.165) is 28.0 Å². The first-order valence-electron chi connectivity index (χ1n) is 9.59. The zero-order valence-electron chi connectivity index (χ0n) is 15.9. The number of hydrogen-bond acceptors (Lipinski definition) is 9. The number of carbonyl (C=O) groups excluding carboxylic acids is 1. The Hall–Kier alpha value is -2.92. The lowest BCUT2D eigenvalue weighted by molar-refractivity contribution is 0.146. The summed E-state index contributed by atoms with van der Waals surface area (Å²) >= 11 is 2.69. The average Bonchev–Trinajstić information content (AvgIpc) is 3.31. The summed E-state index contributed by atoms with van der Waals surface area (Å²) in [6.45, 7) is 0. The Kier molecular flexibility index (Phi) is 5.13. The number of hydrogen-bond donors (Lipinski definition) is 1. The van der Waals surface area contributed by atoms with Crippen molar-refractivity contribution in [3.05, 3.63) is 30.3 Å². The number of nitrogens with two attached hydrogens (primary N) is 1. The number of primary amides is 1. The van der Waals surface area contributed by atoms with Crippen LogP contribution in [0.5, 0.6) is 11.1 Å². The van der Waals surface area contributed by atoms with Crippen LogP contribution in [0.1, 0.15) is 32.1 Å². The summed E-state index contributed by atoms with van der Waals surface area (Å²) in [6, 6.07) is 9.44. The van der Waals surface area contributed by atoms with Crippen LogP contribution in [0.3, 0.4) is 0 Å². The predicted octanol–water partition coefficient (Wildman–Crippen LogP) is 4.05. The number of benzene rings is 1. The van der Waals surface area contributed by atoms with Gasteiger partial charge < -0.3 is 15.2 Å². The molecule has 1 saturated carbocycles. The lowest BCUT2D eigenvalue weighted by Gasteiger charge is -2.22. The molecule has 5 rings (SSSR count). The van der Waals surface area contributed by atoms with Crippen LogP contribution in [0.25, 0.3) is 15.9 Å². The van der Waals surface area contributed by atoms with Gasteiger partial charge in [-0.15, -0.1) is 15.3 Å². The van der Waals surface area contributed by atoms with Crippen LogP contribution in [-0.4, -0.2) is 37.0 Å². The molecule has 1 amide bonds. The summed E-state index contributed by atoms with van der Waals surface area (Å²) in [5, 5.41) is 13.9. The van der Waals surface area contributed by atoms with Crippen molar-refractivity contribution in [2.24, 2.45) is 5.73 Å². The summed E-state index contributed by atoms with van der Waals surface area (Å²) in [5.74, 6) is 0.585. The second-order valence-electron chi connectivity index (χ2n) is 6.93. The average molecular weight is 443 g/mol. The van der Waals surface area contributed by atoms with Crippen LogP contribution in [-0.2, 0) is 0 Å². The van der Waals surface area contributed by atoms with Gasteiger partial charge in [0, 0.05) is 11.0 Å². The molecule has 9 nitrogen and oxygen atoms in total. The van der Waals surface area contributed by atoms with E-state index in [2.05, 4.69) is 20.3 Å². The van der Waals surface area contributed by atoms with E-state index >= 15 is 0 Å². The van der Waals surface area contributed by atoms with Crippen LogP contribution in [0, 0.1) is 0 Å². The SMILES string of the molecule is NC(=O)Oc1nc2ccc(Sc3nnc4ccc(OC5CCCCC5)nn34)cc2s1. The molecular formula is C19H18N6O3S2. The first-order valence-corrected chi connectivity index (χ1v) is 11.2. The molecule has 0 spiro atoms. The summed E-state index contributed by atoms with van der Waals surface area (Å²) in [7, 11) is 0. The summed E-state index contributed by atoms with van der Waals surface area (Å²) in [4.78, 5) is 16.1. The number of carbonyl (C=O) groups is 1. The van der Waals surface area contributed by atoms with Crippen LogP contribution in [0.2, 0.25) is 0 Å². The highest BCUT2D eigenvalue weighted by atomic mass is 32.2. The number of fused-ring (bicyclic) bond motifs is 2. The Morgan fingerprint density at radius 2 is 2.03 bits per heavy atom. The van der Waals surface area contributed by atoms with Crippen molar-refractivity contribution in [2.45, 2.75) is 48.3 Å². The highest BCUT2D eigenvalue weighted by Gasteiger charge is 2.17. The number of amides is 1. The highest BCUT2D eigenvalue weighted by molar-refractivity contribution is 7.99. The maximum atomic E-state index is 10.9. The van der Waals surface area contributed by atoms with Gasteiger partial charge in [-0.05, 0) is 61.7 Å². The minimum absolute atomic E-state index is 0.221. The zero-order chi connectivity index (χ0) is 20.5. The number of rotatable bonds is 5. The predicted molar refractivity (Wildman–Crippen MR) is 112 cm³/mol. The topological polar surface area (TPSA) is 118 Å². The van der Waals surface area contributed by atoms with Crippen molar-refractivity contribution < 1.29 is 14.3 Å². The fourth-order valence-electron chi connectivity index (χ4n) is 3.42. The standard InChI is InChI=1S/C19H18N6O3S2/c20-17(26)28-19-21-13-7-6-12(10-14(13)30-19)29-18-23-22-15-8-9-16(24-25(15)18)27-11-4-2-1-3-5-11/h6-11H,1-5H2,(H2,20,26). The van der Waals surface area contributed by atoms with E-state index in [1.807, 2.05) is 30.3 Å². The second kappa shape index (κ2) is 8.07. The molecule has 1 aliphatic rings. The molecule has 30 heavy (non-hydrogen) atoms. The molecule has 0 unspecified atom stereocenters. The fourth-order valence-corrected chi connectivity index (χ4v) is 5.18. The van der Waals surface area contributed by atoms with Crippen molar-refractivity contribution in [3.63, 3.8) is 0 Å². The quantitative estimate of drug-likeness (QED) is 0.492. The monoisotopic (exact) mass is 442 g/mol. The molecule has 0 saturated heterocycles. The largest absolute Gasteiger partial charge is 0.473 e. The van der Waals surface area contributed by atoms with E-state index in [9.17, 15) is 4.79 Å². The van der Waals surface area contributed by atoms with Crippen molar-refractivity contribution in [1.29, 1.82) is 0 Å². The van der Waals surface area contributed by atoms with Gasteiger partial charge in [0.15, 0.2) is 5.65 Å². The van der Waals surface area contributed by atoms with Gasteiger partial charge in [0.2, 0.25) is 11.0 Å². The van der Waals surface area contributed by atoms with Crippen LogP contribution in [0.15, 0.2) is 40.4 Å². The van der Waals surface area contributed by atoms with Crippen molar-refractivity contribution in [2.75, 3.05) is 0 Å². The summed E-state index contributed by atoms with van der Waals surface area (Å²) in [5.41, 5.74) is 6.44. The third kappa shape index (κ3) is 4.03. The summed E-state index contributed by atoms with van der Waals surface area (Å²) < 4.78 is 13.5. The Bertz CT molecular complexity index is 1220. The normalized spacial score (nSPS) is 14.9. The second-order valence-corrected chi connectivity index (χ2v) is 8.97. The Labute approximate surface area is 179 Å². The lowest BCUT2D eigenvalue weighted by atomic mass is 9.98. The van der Waals surface area contributed by atoms with Gasteiger partial charge in [-0.3, -0.25) is 0 Å². The molecule has 11 heteroatoms. The number of nitrogens with zero attached hydrogens (tertiary/aromatic N) is 5. The van der Waals surface area contributed by atoms with Gasteiger partial charge in [-0.2, -0.15) is 4.52 Å². The van der Waals surface area contributed by atoms with Gasteiger partial charge in [0.1, 0.15) is 6.10 Å². The number of thiazole rings is 1. The fraction of sp³-hybridized carbons (Fsp3) is 0.316. The van der Waals surface area contributed by atoms with Gasteiger partial charge in [-0.25, -0.2) is 9.78 Å². The number of ether oxygens (including phenoxy) is 2. The van der Waals surface area contributed by atoms with E-state index in [-0.39, 0.29) is 11.3 Å². The maximum absolute atomic E-state index is 10.9. The molecule has 1 aliphatic carbocycles. The van der Waals surface area contributed by atoms with E-state index < -0.39 is 6.09 Å². The molecule has 1 fully saturated rings. The molecular weight excluding hydrogens is 424 g/mol. The summed E-state index contributed by atoms with van der Waals surface area (Å²) in [6.07, 6.45) is 5.16. The van der Waals surface area contributed by atoms with Crippen LogP contribution < -0.4 is 15.2 Å². The minimum Gasteiger partial charge on any atom is -0.473 e. The Morgan fingerprint density at radius 1 is 1.17 bits per heavy atom. The van der Waals surface area contributed by atoms with Crippen LogP contribution >= 0.6 is 23.1 Å². The Morgan fingerprint density at radius 3 is 2.87 bits per heavy atom. The van der Waals surface area contributed by atoms with Crippen molar-refractivity contribution in [3.8, 4) is 11.1 Å². The highest BCUT2D eigenvalue weighted by Crippen LogP contribution is 2.34. The molecule has 1 aromatic carbocycles. The van der Waals surface area contributed by atoms with E-state index in [1.54, 1.807) is 4.52 Å². The molecule has 0 atom stereocenters. The van der Waals surface area contributed by atoms with E-state index in [0.29, 0.717) is 16.7 Å². The van der Waals surface area contributed by atoms with E-state index in [1.165, 1.54) is 42.4 Å². The van der Waals surface area contributed by atoms with Gasteiger partial charge in [0.25, 0.3) is 5.19 Å². The first-order chi connectivity index (χ1) is 14.6. The van der Waals surface area contributed by atoms with Gasteiger partial charge >= 0.3 is 6.09 Å². The molecule has 3 aromatic heterocycles. The zero-order valence-corrected chi connectivity index (χ0v) is 17.5. The van der Waals surface area contributed by atoms with Crippen molar-refractivity contribution >= 4 is 45.1 Å². The maximum Gasteiger partial charge on any atom is 0.411 e. The smallest absolute Gasteiger partial charge is 0.411 e. The molecule has 0 bridgehead atoms. The third-order valence-corrected chi connectivity index (χ3v) is 6.61. The molecule has 3 heterocycles. The molecule has 0 aliphatic heterocycles. The van der Waals surface area contributed by atoms with Crippen molar-refractivity contribution in [1.82, 2.24) is 24.8 Å². The number of aromatic nitrogens is 5. The Balaban J connectivity index is 1.38. The third-order valence-electron chi connectivity index (χ3n) is 4.79. The molecule has 154 valence electrons. The van der Waals surface area contributed by atoms with Gasteiger partial charge in [-0.1, -0.05) is 17.8 Å². The molecule has 0 radical (unpaired) electrons. The van der Waals surface area contributed by atoms with Gasteiger partial charge in [0.05, 0.1) is 10.2 Å².